The van der Waals surface area contributed by atoms with E-state index in [0.717, 1.165) is 0 Å². The second-order valence-electron chi connectivity index (χ2n) is 3.60. The fraction of sp³-hybridized carbons (Fsp3) is 0.556. The van der Waals surface area contributed by atoms with Crippen LogP contribution in [0, 0.1) is 0 Å². The molecule has 0 aromatic carbocycles. The minimum atomic E-state index is -2.81. The van der Waals surface area contributed by atoms with Crippen molar-refractivity contribution in [1.29, 1.82) is 0 Å². The van der Waals surface area contributed by atoms with Gasteiger partial charge in [0.05, 0.1) is 0 Å². The Morgan fingerprint density at radius 3 is 1.31 bits per heavy atom. The summed E-state index contributed by atoms with van der Waals surface area (Å²) in [6.45, 7) is 4.36. The molecule has 3 N–H and O–H groups in total. The topological polar surface area (TPSA) is 60.7 Å². The van der Waals surface area contributed by atoms with Crippen molar-refractivity contribution in [3.63, 3.8) is 0 Å². The van der Waals surface area contributed by atoms with Crippen molar-refractivity contribution >= 4 is 6.60 Å². The number of hydrogen-bond acceptors (Lipinski definition) is 3. The van der Waals surface area contributed by atoms with Crippen molar-refractivity contribution in [3.8, 4) is 0 Å². The number of rotatable bonds is 7. The van der Waals surface area contributed by atoms with Crippen LogP contribution in [0.5, 0.6) is 0 Å². The molecule has 13 heavy (non-hydrogen) atoms. The number of allylic oxidation sites excluding steroid dienone is 2. The van der Waals surface area contributed by atoms with Gasteiger partial charge in [0.1, 0.15) is 0 Å². The van der Waals surface area contributed by atoms with Crippen LogP contribution in [0.2, 0.25) is 0 Å². The van der Waals surface area contributed by atoms with Crippen LogP contribution in [0.25, 0.3) is 0 Å². The van der Waals surface area contributed by atoms with Gasteiger partial charge in [-0.05, 0) is 0 Å². The van der Waals surface area contributed by atoms with Crippen molar-refractivity contribution in [2.24, 2.45) is 0 Å². The van der Waals surface area contributed by atoms with Crippen molar-refractivity contribution in [2.45, 2.75) is 0 Å². The minimum absolute atomic E-state index is 0.156. The van der Waals surface area contributed by atoms with Crippen molar-refractivity contribution in [1.82, 2.24) is 0 Å². The first-order valence-corrected chi connectivity index (χ1v) is 7.33. The maximum atomic E-state index is 9.33. The van der Waals surface area contributed by atoms with Gasteiger partial charge in [-0.15, -0.1) is 0 Å². The summed E-state index contributed by atoms with van der Waals surface area (Å²) in [6, 6.07) is 0. The zero-order valence-electron chi connectivity index (χ0n) is 7.89. The van der Waals surface area contributed by atoms with E-state index in [0.29, 0.717) is 12.3 Å². The fourth-order valence-corrected chi connectivity index (χ4v) is 3.86. The molecule has 0 radical (unpaired) electrons. The van der Waals surface area contributed by atoms with Crippen LogP contribution in [-0.4, -0.2) is 46.7 Å². The Labute approximate surface area is 79.3 Å². The van der Waals surface area contributed by atoms with Crippen LogP contribution >= 0.6 is 6.60 Å². The standard InChI is InChI=1S/C9H19O3P/c1-3-5-13(7-10,8-11,9-12)6-4-2/h3-4,10-12H,1-2,5-9H2. The summed E-state index contributed by atoms with van der Waals surface area (Å²) in [5.74, 6) is 0. The Kier molecular flexibility index (Phi) is 4.79. The molecule has 0 unspecified atom stereocenters. The van der Waals surface area contributed by atoms with Gasteiger partial charge in [-0.25, -0.2) is 0 Å². The quantitative estimate of drug-likeness (QED) is 0.425. The van der Waals surface area contributed by atoms with E-state index in [-0.39, 0.29) is 19.0 Å². The molecule has 0 aliphatic heterocycles. The molecule has 0 amide bonds. The first-order valence-electron chi connectivity index (χ1n) is 4.16. The Hall–Kier alpha value is -0.210. The number of hydrogen-bond donors (Lipinski definition) is 3. The molecule has 0 aliphatic rings. The van der Waals surface area contributed by atoms with Gasteiger partial charge in [0.25, 0.3) is 0 Å². The molecule has 3 nitrogen and oxygen atoms in total. The Morgan fingerprint density at radius 2 is 1.15 bits per heavy atom. The zero-order chi connectivity index (χ0) is 10.4. The molecular weight excluding hydrogens is 187 g/mol. The first kappa shape index (κ1) is 12.8. The van der Waals surface area contributed by atoms with Gasteiger partial charge >= 0.3 is 78.6 Å². The Bertz CT molecular complexity index is 162. The summed E-state index contributed by atoms with van der Waals surface area (Å²) in [5, 5.41) is 28.0. The summed E-state index contributed by atoms with van der Waals surface area (Å²) in [5.41, 5.74) is 0. The normalized spacial score (nSPS) is 14.5. The van der Waals surface area contributed by atoms with E-state index in [1.165, 1.54) is 0 Å². The average Bonchev–Trinajstić information content (AvgIpc) is 2.18. The van der Waals surface area contributed by atoms with Gasteiger partial charge in [-0.1, -0.05) is 0 Å². The molecule has 0 saturated heterocycles. The monoisotopic (exact) mass is 206 g/mol. The van der Waals surface area contributed by atoms with Crippen molar-refractivity contribution in [3.05, 3.63) is 25.3 Å². The molecule has 0 aliphatic carbocycles. The van der Waals surface area contributed by atoms with E-state index in [4.69, 9.17) is 0 Å². The van der Waals surface area contributed by atoms with Gasteiger partial charge in [0, 0.05) is 0 Å². The van der Waals surface area contributed by atoms with Crippen LogP contribution in [0.15, 0.2) is 25.3 Å². The SMILES string of the molecule is C=CCP(CO)(CO)(CO)CC=C. The van der Waals surface area contributed by atoms with E-state index in [2.05, 4.69) is 13.2 Å². The zero-order valence-corrected chi connectivity index (χ0v) is 8.79. The van der Waals surface area contributed by atoms with Crippen LogP contribution in [0.3, 0.4) is 0 Å². The average molecular weight is 206 g/mol. The maximum absolute atomic E-state index is 9.33. The van der Waals surface area contributed by atoms with E-state index < -0.39 is 6.60 Å². The second-order valence-corrected chi connectivity index (χ2v) is 9.65. The first-order chi connectivity index (χ1) is 6.12. The van der Waals surface area contributed by atoms with E-state index in [1.54, 1.807) is 12.2 Å². The third-order valence-corrected chi connectivity index (χ3v) is 7.47. The molecule has 4 heteroatoms. The van der Waals surface area contributed by atoms with Gasteiger partial charge in [0.15, 0.2) is 0 Å². The molecule has 0 saturated carbocycles. The van der Waals surface area contributed by atoms with Gasteiger partial charge in [0.2, 0.25) is 0 Å². The van der Waals surface area contributed by atoms with E-state index in [9.17, 15) is 15.3 Å². The van der Waals surface area contributed by atoms with Gasteiger partial charge in [-0.3, -0.25) is 0 Å². The van der Waals surface area contributed by atoms with Crippen LogP contribution in [-0.2, 0) is 0 Å². The van der Waals surface area contributed by atoms with E-state index in [1.807, 2.05) is 0 Å². The van der Waals surface area contributed by atoms with Crippen LogP contribution in [0.1, 0.15) is 0 Å². The molecule has 0 fully saturated rings. The predicted molar refractivity (Wildman–Crippen MR) is 58.3 cm³/mol. The van der Waals surface area contributed by atoms with Crippen molar-refractivity contribution < 1.29 is 15.3 Å². The van der Waals surface area contributed by atoms with Crippen LogP contribution in [0.4, 0.5) is 0 Å². The number of aliphatic hydroxyl groups is 3. The van der Waals surface area contributed by atoms with Crippen LogP contribution < -0.4 is 0 Å². The summed E-state index contributed by atoms with van der Waals surface area (Å²) < 4.78 is 0. The number of aliphatic hydroxyl groups excluding tert-OH is 3. The molecule has 0 rings (SSSR count). The summed E-state index contributed by atoms with van der Waals surface area (Å²) in [4.78, 5) is 0. The predicted octanol–water partition coefficient (Wildman–Crippen LogP) is 0.761. The molecule has 0 heterocycles. The molecule has 0 spiro atoms. The Morgan fingerprint density at radius 1 is 0.846 bits per heavy atom. The third kappa shape index (κ3) is 2.38. The molecule has 0 aromatic heterocycles. The van der Waals surface area contributed by atoms with Gasteiger partial charge in [-0.2, -0.15) is 0 Å². The molecule has 78 valence electrons. The second kappa shape index (κ2) is 4.87. The fourth-order valence-electron chi connectivity index (χ4n) is 1.29. The summed E-state index contributed by atoms with van der Waals surface area (Å²) in [7, 11) is 0. The molecule has 0 aromatic rings. The van der Waals surface area contributed by atoms with E-state index >= 15 is 0 Å². The summed E-state index contributed by atoms with van der Waals surface area (Å²) >= 11 is 0. The third-order valence-electron chi connectivity index (χ3n) is 2.49. The molecule has 0 atom stereocenters. The summed E-state index contributed by atoms with van der Waals surface area (Å²) in [6.07, 6.45) is 3.79. The van der Waals surface area contributed by atoms with Crippen molar-refractivity contribution in [2.75, 3.05) is 31.4 Å². The van der Waals surface area contributed by atoms with Gasteiger partial charge < -0.3 is 0 Å². The molecular formula is C9H19O3P. The molecule has 0 bridgehead atoms. The Balaban J connectivity index is 4.98.